The number of urea groups is 1. The smallest absolute Gasteiger partial charge is 0.322 e. The molecule has 0 atom stereocenters. The summed E-state index contributed by atoms with van der Waals surface area (Å²) in [5.41, 5.74) is 4.09. The van der Waals surface area contributed by atoms with Gasteiger partial charge >= 0.3 is 6.03 Å². The van der Waals surface area contributed by atoms with Gasteiger partial charge in [-0.1, -0.05) is 60.7 Å². The lowest BCUT2D eigenvalue weighted by Gasteiger charge is -2.24. The number of rotatable bonds is 6. The molecule has 0 aromatic heterocycles. The predicted molar refractivity (Wildman–Crippen MR) is 112 cm³/mol. The van der Waals surface area contributed by atoms with Gasteiger partial charge in [-0.15, -0.1) is 0 Å². The Balaban J connectivity index is 1.75. The van der Waals surface area contributed by atoms with Gasteiger partial charge in [-0.25, -0.2) is 4.79 Å². The maximum Gasteiger partial charge on any atom is 0.322 e. The average molecular weight is 359 g/mol. The van der Waals surface area contributed by atoms with Gasteiger partial charge in [-0.2, -0.15) is 0 Å². The summed E-state index contributed by atoms with van der Waals surface area (Å²) in [5.74, 6) is 0. The average Bonchev–Trinajstić information content (AvgIpc) is 2.69. The third-order valence-corrected chi connectivity index (χ3v) is 4.35. The zero-order valence-corrected chi connectivity index (χ0v) is 15.8. The second-order valence-corrected chi connectivity index (χ2v) is 6.70. The van der Waals surface area contributed by atoms with Crippen LogP contribution < -0.4 is 10.2 Å². The molecule has 0 fully saturated rings. The van der Waals surface area contributed by atoms with Gasteiger partial charge in [0.1, 0.15) is 0 Å². The Labute approximate surface area is 161 Å². The van der Waals surface area contributed by atoms with Crippen molar-refractivity contribution in [3.05, 3.63) is 96.1 Å². The second kappa shape index (κ2) is 8.90. The maximum atomic E-state index is 12.9. The predicted octanol–water partition coefficient (Wildman–Crippen LogP) is 4.99. The second-order valence-electron chi connectivity index (χ2n) is 6.70. The van der Waals surface area contributed by atoms with Gasteiger partial charge < -0.3 is 15.1 Å². The van der Waals surface area contributed by atoms with Crippen molar-refractivity contribution in [3.63, 3.8) is 0 Å². The van der Waals surface area contributed by atoms with Crippen LogP contribution in [-0.2, 0) is 13.1 Å². The fourth-order valence-electron chi connectivity index (χ4n) is 2.85. The molecule has 3 aromatic rings. The molecule has 0 spiro atoms. The van der Waals surface area contributed by atoms with Crippen molar-refractivity contribution >= 4 is 17.4 Å². The quantitative estimate of drug-likeness (QED) is 0.673. The summed E-state index contributed by atoms with van der Waals surface area (Å²) < 4.78 is 0. The summed E-state index contributed by atoms with van der Waals surface area (Å²) in [7, 11) is 3.99. The van der Waals surface area contributed by atoms with Crippen molar-refractivity contribution in [1.29, 1.82) is 0 Å². The van der Waals surface area contributed by atoms with E-state index in [1.165, 1.54) is 0 Å². The number of anilines is 2. The molecule has 138 valence electrons. The van der Waals surface area contributed by atoms with Gasteiger partial charge in [0.05, 0.1) is 0 Å². The van der Waals surface area contributed by atoms with Crippen molar-refractivity contribution in [2.24, 2.45) is 0 Å². The lowest BCUT2D eigenvalue weighted by Crippen LogP contribution is -2.34. The van der Waals surface area contributed by atoms with E-state index in [0.717, 1.165) is 22.5 Å². The number of carbonyl (C=O) groups excluding carboxylic acids is 1. The fraction of sp³-hybridized carbons (Fsp3) is 0.174. The number of nitrogens with zero attached hydrogens (tertiary/aromatic N) is 2. The van der Waals surface area contributed by atoms with Crippen molar-refractivity contribution in [3.8, 4) is 0 Å². The molecule has 0 saturated heterocycles. The molecular formula is C23H25N3O. The molecule has 3 rings (SSSR count). The van der Waals surface area contributed by atoms with Crippen LogP contribution in [0.3, 0.4) is 0 Å². The van der Waals surface area contributed by atoms with Crippen LogP contribution in [0.2, 0.25) is 0 Å². The Bertz CT molecular complexity index is 804. The first-order chi connectivity index (χ1) is 13.1. The highest BCUT2D eigenvalue weighted by Crippen LogP contribution is 2.17. The van der Waals surface area contributed by atoms with E-state index in [9.17, 15) is 4.79 Å². The molecule has 27 heavy (non-hydrogen) atoms. The van der Waals surface area contributed by atoms with Crippen LogP contribution in [0.4, 0.5) is 16.2 Å². The zero-order chi connectivity index (χ0) is 19.1. The maximum absolute atomic E-state index is 12.9. The monoisotopic (exact) mass is 359 g/mol. The Morgan fingerprint density at radius 3 is 1.67 bits per heavy atom. The summed E-state index contributed by atoms with van der Waals surface area (Å²) in [6.45, 7) is 1.11. The number of hydrogen-bond donors (Lipinski definition) is 1. The van der Waals surface area contributed by atoms with Crippen molar-refractivity contribution in [2.75, 3.05) is 24.3 Å². The summed E-state index contributed by atoms with van der Waals surface area (Å²) in [5, 5.41) is 3.02. The van der Waals surface area contributed by atoms with E-state index in [1.807, 2.05) is 109 Å². The molecule has 4 heteroatoms. The molecular weight excluding hydrogens is 334 g/mol. The summed E-state index contributed by atoms with van der Waals surface area (Å²) in [6, 6.07) is 27.8. The molecule has 0 saturated carbocycles. The van der Waals surface area contributed by atoms with Gasteiger partial charge in [0.25, 0.3) is 0 Å². The van der Waals surface area contributed by atoms with Crippen LogP contribution in [0, 0.1) is 0 Å². The van der Waals surface area contributed by atoms with Crippen LogP contribution in [0.15, 0.2) is 84.9 Å². The molecule has 0 bridgehead atoms. The number of amides is 2. The Morgan fingerprint density at radius 1 is 0.741 bits per heavy atom. The van der Waals surface area contributed by atoms with E-state index in [1.54, 1.807) is 0 Å². The molecule has 4 nitrogen and oxygen atoms in total. The third kappa shape index (κ3) is 5.35. The molecule has 0 heterocycles. The molecule has 1 N–H and O–H groups in total. The molecule has 0 aliphatic heterocycles. The highest BCUT2D eigenvalue weighted by Gasteiger charge is 2.15. The topological polar surface area (TPSA) is 35.6 Å². The Kier molecular flexibility index (Phi) is 6.10. The lowest BCUT2D eigenvalue weighted by atomic mass is 10.2. The first-order valence-electron chi connectivity index (χ1n) is 9.03. The van der Waals surface area contributed by atoms with Crippen LogP contribution in [0.1, 0.15) is 11.1 Å². The van der Waals surface area contributed by atoms with E-state index in [4.69, 9.17) is 0 Å². The number of benzene rings is 3. The Hall–Kier alpha value is -3.27. The van der Waals surface area contributed by atoms with Crippen molar-refractivity contribution < 1.29 is 4.79 Å². The van der Waals surface area contributed by atoms with Crippen molar-refractivity contribution in [2.45, 2.75) is 13.1 Å². The van der Waals surface area contributed by atoms with E-state index >= 15 is 0 Å². The third-order valence-electron chi connectivity index (χ3n) is 4.35. The zero-order valence-electron chi connectivity index (χ0n) is 15.8. The fourth-order valence-corrected chi connectivity index (χ4v) is 2.85. The number of nitrogens with one attached hydrogen (secondary N) is 1. The summed E-state index contributed by atoms with van der Waals surface area (Å²) >= 11 is 0. The van der Waals surface area contributed by atoms with Gasteiger partial charge in [0.15, 0.2) is 0 Å². The highest BCUT2D eigenvalue weighted by molar-refractivity contribution is 5.89. The Morgan fingerprint density at radius 2 is 1.22 bits per heavy atom. The normalized spacial score (nSPS) is 10.3. The van der Waals surface area contributed by atoms with E-state index < -0.39 is 0 Å². The number of carbonyl (C=O) groups is 1. The van der Waals surface area contributed by atoms with Crippen LogP contribution in [-0.4, -0.2) is 25.0 Å². The molecule has 0 radical (unpaired) electrons. The lowest BCUT2D eigenvalue weighted by molar-refractivity contribution is 0.206. The molecule has 0 aliphatic carbocycles. The molecule has 0 unspecified atom stereocenters. The van der Waals surface area contributed by atoms with Gasteiger partial charge in [0, 0.05) is 38.6 Å². The standard InChI is InChI=1S/C23H25N3O/c1-25(2)22-15-13-21(14-16-22)24-23(27)26(17-19-9-5-3-6-10-19)18-20-11-7-4-8-12-20/h3-16H,17-18H2,1-2H3,(H,24,27). The summed E-state index contributed by atoms with van der Waals surface area (Å²) in [6.07, 6.45) is 0. The van der Waals surface area contributed by atoms with Gasteiger partial charge in [-0.3, -0.25) is 0 Å². The first kappa shape index (κ1) is 18.5. The van der Waals surface area contributed by atoms with Gasteiger partial charge in [-0.05, 0) is 35.4 Å². The van der Waals surface area contributed by atoms with Gasteiger partial charge in [0.2, 0.25) is 0 Å². The van der Waals surface area contributed by atoms with E-state index in [2.05, 4.69) is 5.32 Å². The first-order valence-corrected chi connectivity index (χ1v) is 9.03. The highest BCUT2D eigenvalue weighted by atomic mass is 16.2. The van der Waals surface area contributed by atoms with Crippen LogP contribution >= 0.6 is 0 Å². The minimum atomic E-state index is -0.111. The largest absolute Gasteiger partial charge is 0.378 e. The molecule has 2 amide bonds. The molecule has 0 aliphatic rings. The summed E-state index contributed by atoms with van der Waals surface area (Å²) in [4.78, 5) is 16.8. The minimum absolute atomic E-state index is 0.111. The van der Waals surface area contributed by atoms with Crippen LogP contribution in [0.5, 0.6) is 0 Å². The SMILES string of the molecule is CN(C)c1ccc(NC(=O)N(Cc2ccccc2)Cc2ccccc2)cc1. The minimum Gasteiger partial charge on any atom is -0.378 e. The number of hydrogen-bond acceptors (Lipinski definition) is 2. The van der Waals surface area contributed by atoms with E-state index in [-0.39, 0.29) is 6.03 Å². The van der Waals surface area contributed by atoms with Crippen LogP contribution in [0.25, 0.3) is 0 Å². The molecule has 3 aromatic carbocycles. The van der Waals surface area contributed by atoms with Crippen molar-refractivity contribution in [1.82, 2.24) is 4.90 Å². The van der Waals surface area contributed by atoms with E-state index in [0.29, 0.717) is 13.1 Å².